The quantitative estimate of drug-likeness (QED) is 0.578. The maximum atomic E-state index is 12.4. The Morgan fingerprint density at radius 1 is 1.32 bits per heavy atom. The Morgan fingerprint density at radius 2 is 2.08 bits per heavy atom. The van der Waals surface area contributed by atoms with Gasteiger partial charge in [-0.2, -0.15) is 0 Å². The van der Waals surface area contributed by atoms with E-state index in [0.29, 0.717) is 39.3 Å². The number of rotatable bonds is 7. The van der Waals surface area contributed by atoms with Gasteiger partial charge in [-0.25, -0.2) is 9.78 Å². The van der Waals surface area contributed by atoms with Gasteiger partial charge < -0.3 is 15.2 Å². The third-order valence-electron chi connectivity index (χ3n) is 3.21. The van der Waals surface area contributed by atoms with Crippen LogP contribution in [0.1, 0.15) is 46.0 Å². The van der Waals surface area contributed by atoms with Crippen molar-refractivity contribution < 1.29 is 19.1 Å². The number of carbonyl (C=O) groups excluding carboxylic acids is 2. The first-order chi connectivity index (χ1) is 12.0. The van der Waals surface area contributed by atoms with Gasteiger partial charge in [0.05, 0.1) is 24.6 Å². The summed E-state index contributed by atoms with van der Waals surface area (Å²) in [5.41, 5.74) is 7.20. The van der Waals surface area contributed by atoms with Crippen LogP contribution in [0.25, 0.3) is 0 Å². The Labute approximate surface area is 150 Å². The molecule has 0 radical (unpaired) electrons. The van der Waals surface area contributed by atoms with Gasteiger partial charge in [-0.15, -0.1) is 0 Å². The highest BCUT2D eigenvalue weighted by atomic mass is 32.1. The molecule has 1 amide bonds. The van der Waals surface area contributed by atoms with Crippen LogP contribution in [0.5, 0.6) is 5.75 Å². The average Bonchev–Trinajstić information content (AvgIpc) is 2.94. The molecule has 0 unspecified atom stereocenters. The van der Waals surface area contributed by atoms with Crippen molar-refractivity contribution in [1.82, 2.24) is 4.98 Å². The van der Waals surface area contributed by atoms with Gasteiger partial charge in [0, 0.05) is 5.56 Å². The van der Waals surface area contributed by atoms with Crippen LogP contribution in [0.15, 0.2) is 18.2 Å². The summed E-state index contributed by atoms with van der Waals surface area (Å²) >= 11 is 1.08. The number of nitrogens with one attached hydrogen (secondary N) is 1. The number of benzene rings is 1. The number of esters is 1. The Hall–Kier alpha value is -2.61. The zero-order valence-electron chi connectivity index (χ0n) is 14.4. The summed E-state index contributed by atoms with van der Waals surface area (Å²) in [6.07, 6.45) is 0.869. The van der Waals surface area contributed by atoms with Gasteiger partial charge in [0.2, 0.25) is 0 Å². The van der Waals surface area contributed by atoms with Gasteiger partial charge >= 0.3 is 5.97 Å². The maximum absolute atomic E-state index is 12.4. The molecule has 0 saturated heterocycles. The molecular weight excluding hydrogens is 342 g/mol. The Kier molecular flexibility index (Phi) is 6.35. The molecule has 2 aromatic rings. The SMILES string of the molecule is CCCOc1ccc(C(=O)Nc2nc(C)c(C(=O)OCC)s2)cc1N. The number of hydrogen-bond acceptors (Lipinski definition) is 7. The van der Waals surface area contributed by atoms with E-state index in [4.69, 9.17) is 15.2 Å². The van der Waals surface area contributed by atoms with Crippen LogP contribution in [0, 0.1) is 6.92 Å². The van der Waals surface area contributed by atoms with E-state index in [1.54, 1.807) is 32.0 Å². The van der Waals surface area contributed by atoms with Gasteiger partial charge in [0.1, 0.15) is 10.6 Å². The summed E-state index contributed by atoms with van der Waals surface area (Å²) in [5.74, 6) is -0.259. The molecule has 25 heavy (non-hydrogen) atoms. The average molecular weight is 363 g/mol. The van der Waals surface area contributed by atoms with Gasteiger partial charge in [0.15, 0.2) is 5.13 Å². The number of amides is 1. The van der Waals surface area contributed by atoms with Crippen LogP contribution in [0.4, 0.5) is 10.8 Å². The lowest BCUT2D eigenvalue weighted by molar-refractivity contribution is 0.0531. The zero-order chi connectivity index (χ0) is 18.4. The van der Waals surface area contributed by atoms with Crippen molar-refractivity contribution >= 4 is 34.0 Å². The van der Waals surface area contributed by atoms with Crippen molar-refractivity contribution in [2.45, 2.75) is 27.2 Å². The van der Waals surface area contributed by atoms with Crippen LogP contribution in [0.2, 0.25) is 0 Å². The van der Waals surface area contributed by atoms with E-state index < -0.39 is 5.97 Å². The lowest BCUT2D eigenvalue weighted by Crippen LogP contribution is -2.12. The number of nitrogens with two attached hydrogens (primary N) is 1. The molecule has 1 aromatic heterocycles. The topological polar surface area (TPSA) is 104 Å². The van der Waals surface area contributed by atoms with E-state index >= 15 is 0 Å². The van der Waals surface area contributed by atoms with Crippen LogP contribution in [-0.2, 0) is 4.74 Å². The van der Waals surface area contributed by atoms with Gasteiger partial charge in [-0.1, -0.05) is 18.3 Å². The molecule has 134 valence electrons. The molecule has 0 aliphatic rings. The summed E-state index contributed by atoms with van der Waals surface area (Å²) in [6, 6.07) is 4.84. The lowest BCUT2D eigenvalue weighted by atomic mass is 10.2. The van der Waals surface area contributed by atoms with Crippen molar-refractivity contribution in [2.24, 2.45) is 0 Å². The minimum absolute atomic E-state index is 0.281. The van der Waals surface area contributed by atoms with Gasteiger partial charge in [-0.3, -0.25) is 10.1 Å². The number of hydrogen-bond donors (Lipinski definition) is 2. The molecule has 0 aliphatic carbocycles. The predicted octanol–water partition coefficient (Wildman–Crippen LogP) is 3.25. The summed E-state index contributed by atoms with van der Waals surface area (Å²) in [5, 5.41) is 3.00. The third kappa shape index (κ3) is 4.69. The Bertz CT molecular complexity index is 773. The summed E-state index contributed by atoms with van der Waals surface area (Å²) in [7, 11) is 0. The van der Waals surface area contributed by atoms with E-state index in [-0.39, 0.29) is 12.5 Å². The first-order valence-electron chi connectivity index (χ1n) is 7.94. The number of nitrogen functional groups attached to an aromatic ring is 1. The smallest absolute Gasteiger partial charge is 0.350 e. The first kappa shape index (κ1) is 18.7. The molecule has 7 nitrogen and oxygen atoms in total. The fraction of sp³-hybridized carbons (Fsp3) is 0.353. The molecule has 1 aromatic carbocycles. The molecule has 2 rings (SSSR count). The molecule has 1 heterocycles. The van der Waals surface area contributed by atoms with E-state index in [0.717, 1.165) is 17.8 Å². The molecule has 0 aliphatic heterocycles. The predicted molar refractivity (Wildman–Crippen MR) is 97.4 cm³/mol. The summed E-state index contributed by atoms with van der Waals surface area (Å²) in [4.78, 5) is 28.7. The molecule has 0 fully saturated rings. The number of aromatic nitrogens is 1. The fourth-order valence-electron chi connectivity index (χ4n) is 2.04. The molecular formula is C17H21N3O4S. The van der Waals surface area contributed by atoms with Gasteiger partial charge in [0.25, 0.3) is 5.91 Å². The second-order valence-electron chi connectivity index (χ2n) is 5.21. The molecule has 0 bridgehead atoms. The highest BCUT2D eigenvalue weighted by Crippen LogP contribution is 2.26. The van der Waals surface area contributed by atoms with Gasteiger partial charge in [-0.05, 0) is 38.5 Å². The number of nitrogens with zero attached hydrogens (tertiary/aromatic N) is 1. The molecule has 8 heteroatoms. The minimum atomic E-state index is -0.445. The third-order valence-corrected chi connectivity index (χ3v) is 4.26. The number of ether oxygens (including phenoxy) is 2. The molecule has 0 atom stereocenters. The minimum Gasteiger partial charge on any atom is -0.491 e. The second kappa shape index (κ2) is 8.48. The van der Waals surface area contributed by atoms with E-state index in [9.17, 15) is 9.59 Å². The van der Waals surface area contributed by atoms with Crippen LogP contribution >= 0.6 is 11.3 Å². The number of aryl methyl sites for hydroxylation is 1. The summed E-state index contributed by atoms with van der Waals surface area (Å²) < 4.78 is 10.5. The largest absolute Gasteiger partial charge is 0.491 e. The van der Waals surface area contributed by atoms with Crippen LogP contribution in [-0.4, -0.2) is 30.1 Å². The molecule has 0 spiro atoms. The molecule has 3 N–H and O–H groups in total. The molecule has 0 saturated carbocycles. The van der Waals surface area contributed by atoms with Crippen molar-refractivity contribution in [2.75, 3.05) is 24.3 Å². The maximum Gasteiger partial charge on any atom is 0.350 e. The monoisotopic (exact) mass is 363 g/mol. The second-order valence-corrected chi connectivity index (χ2v) is 6.21. The van der Waals surface area contributed by atoms with Crippen molar-refractivity contribution in [1.29, 1.82) is 0 Å². The zero-order valence-corrected chi connectivity index (χ0v) is 15.2. The van der Waals surface area contributed by atoms with E-state index in [1.807, 2.05) is 6.92 Å². The Balaban J connectivity index is 2.11. The lowest BCUT2D eigenvalue weighted by Gasteiger charge is -2.09. The van der Waals surface area contributed by atoms with E-state index in [2.05, 4.69) is 10.3 Å². The van der Waals surface area contributed by atoms with E-state index in [1.165, 1.54) is 0 Å². The fourth-order valence-corrected chi connectivity index (χ4v) is 2.89. The highest BCUT2D eigenvalue weighted by molar-refractivity contribution is 7.17. The highest BCUT2D eigenvalue weighted by Gasteiger charge is 2.18. The van der Waals surface area contributed by atoms with Crippen molar-refractivity contribution in [3.63, 3.8) is 0 Å². The van der Waals surface area contributed by atoms with Crippen molar-refractivity contribution in [3.8, 4) is 5.75 Å². The van der Waals surface area contributed by atoms with Crippen LogP contribution < -0.4 is 15.8 Å². The summed E-state index contributed by atoms with van der Waals surface area (Å²) in [6.45, 7) is 6.26. The normalized spacial score (nSPS) is 10.4. The van der Waals surface area contributed by atoms with Crippen molar-refractivity contribution in [3.05, 3.63) is 34.3 Å². The number of carbonyl (C=O) groups is 2. The Morgan fingerprint density at radius 3 is 2.72 bits per heavy atom. The number of anilines is 2. The number of thiazole rings is 1. The standard InChI is InChI=1S/C17H21N3O4S/c1-4-8-24-13-7-6-11(9-12(13)18)15(21)20-17-19-10(3)14(25-17)16(22)23-5-2/h6-7,9H,4-5,8,18H2,1-3H3,(H,19,20,21). The first-order valence-corrected chi connectivity index (χ1v) is 8.76. The van der Waals surface area contributed by atoms with Crippen LogP contribution in [0.3, 0.4) is 0 Å².